The molecule has 0 aliphatic heterocycles. The first-order valence-electron chi connectivity index (χ1n) is 2.12. The van der Waals surface area contributed by atoms with E-state index in [1.54, 1.807) is 22.6 Å². The first-order valence-corrected chi connectivity index (χ1v) is 3.37. The van der Waals surface area contributed by atoms with Crippen molar-refractivity contribution in [2.24, 2.45) is 0 Å². The summed E-state index contributed by atoms with van der Waals surface area (Å²) in [6, 6.07) is 0. The van der Waals surface area contributed by atoms with Crippen LogP contribution in [0.1, 0.15) is 6.42 Å². The Bertz CT molecular complexity index is 133. The first-order chi connectivity index (χ1) is 4.04. The molecule has 0 aliphatic carbocycles. The lowest BCUT2D eigenvalue weighted by molar-refractivity contribution is -0.142. The van der Waals surface area contributed by atoms with Gasteiger partial charge in [-0.2, -0.15) is 0 Å². The Morgan fingerprint density at radius 2 is 1.89 bits per heavy atom. The zero-order chi connectivity index (χ0) is 7.44. The van der Waals surface area contributed by atoms with Crippen LogP contribution >= 0.6 is 22.6 Å². The van der Waals surface area contributed by atoms with Gasteiger partial charge in [-0.05, 0) is 0 Å². The molecule has 52 valence electrons. The Labute approximate surface area is 65.0 Å². The lowest BCUT2D eigenvalue weighted by Crippen LogP contribution is -2.16. The Morgan fingerprint density at radius 3 is 2.00 bits per heavy atom. The summed E-state index contributed by atoms with van der Waals surface area (Å²) >= 11 is 1.57. The van der Waals surface area contributed by atoms with Gasteiger partial charge in [-0.3, -0.25) is 9.59 Å². The quantitative estimate of drug-likeness (QED) is 0.554. The normalized spacial score (nSPS) is 12.6. The second-order valence-corrected chi connectivity index (χ2v) is 2.91. The van der Waals surface area contributed by atoms with Crippen LogP contribution in [0.3, 0.4) is 0 Å². The summed E-state index contributed by atoms with van der Waals surface area (Å²) in [6.45, 7) is 0. The van der Waals surface area contributed by atoms with Gasteiger partial charge >= 0.3 is 11.9 Å². The molecule has 0 bridgehead atoms. The first kappa shape index (κ1) is 8.67. The third kappa shape index (κ3) is 4.19. The van der Waals surface area contributed by atoms with Crippen molar-refractivity contribution in [2.75, 3.05) is 0 Å². The minimum absolute atomic E-state index is 0.324. The number of hydrogen-bond acceptors (Lipinski definition) is 2. The molecule has 0 spiro atoms. The molecule has 0 unspecified atom stereocenters. The van der Waals surface area contributed by atoms with E-state index in [0.717, 1.165) is 0 Å². The lowest BCUT2D eigenvalue weighted by atomic mass is 10.3. The molecule has 0 amide bonds. The maximum atomic E-state index is 9.96. The molecule has 4 nitrogen and oxygen atoms in total. The van der Waals surface area contributed by atoms with E-state index < -0.39 is 15.9 Å². The van der Waals surface area contributed by atoms with Crippen LogP contribution in [0.4, 0.5) is 0 Å². The highest BCUT2D eigenvalue weighted by atomic mass is 127. The number of rotatable bonds is 3. The van der Waals surface area contributed by atoms with Crippen molar-refractivity contribution in [1.82, 2.24) is 0 Å². The van der Waals surface area contributed by atoms with Crippen LogP contribution in [0.5, 0.6) is 0 Å². The second-order valence-electron chi connectivity index (χ2n) is 1.40. The zero-order valence-corrected chi connectivity index (χ0v) is 6.53. The van der Waals surface area contributed by atoms with Crippen molar-refractivity contribution < 1.29 is 19.8 Å². The molecule has 2 N–H and O–H groups in total. The van der Waals surface area contributed by atoms with E-state index in [1.165, 1.54) is 0 Å². The highest BCUT2D eigenvalue weighted by molar-refractivity contribution is 14.1. The summed E-state index contributed by atoms with van der Waals surface area (Å²) in [7, 11) is 0. The Balaban J connectivity index is 3.63. The molecular formula is C4H5IO4. The third-order valence-corrected chi connectivity index (χ3v) is 1.59. The van der Waals surface area contributed by atoms with Crippen LogP contribution in [0.2, 0.25) is 0 Å². The van der Waals surface area contributed by atoms with Crippen LogP contribution in [-0.4, -0.2) is 26.1 Å². The van der Waals surface area contributed by atoms with Gasteiger partial charge in [-0.15, -0.1) is 0 Å². The van der Waals surface area contributed by atoms with Gasteiger partial charge in [-0.25, -0.2) is 0 Å². The number of aliphatic carboxylic acids is 2. The molecule has 0 radical (unpaired) electrons. The molecule has 0 aromatic carbocycles. The lowest BCUT2D eigenvalue weighted by Gasteiger charge is -1.96. The SMILES string of the molecule is O=C(O)C[C@H](I)C(=O)O. The number of carboxylic acid groups (broad SMARTS) is 2. The molecule has 0 fully saturated rings. The van der Waals surface area contributed by atoms with Crippen molar-refractivity contribution in [3.63, 3.8) is 0 Å². The summed E-state index contributed by atoms with van der Waals surface area (Å²) < 4.78 is -0.819. The number of carboxylic acids is 2. The van der Waals surface area contributed by atoms with E-state index in [4.69, 9.17) is 10.2 Å². The maximum Gasteiger partial charge on any atom is 0.317 e. The van der Waals surface area contributed by atoms with Crippen molar-refractivity contribution in [3.05, 3.63) is 0 Å². The predicted molar refractivity (Wildman–Crippen MR) is 37.7 cm³/mol. The van der Waals surface area contributed by atoms with Crippen LogP contribution in [-0.2, 0) is 9.59 Å². The summed E-state index contributed by atoms with van der Waals surface area (Å²) in [6.07, 6.45) is -0.324. The summed E-state index contributed by atoms with van der Waals surface area (Å²) in [5.74, 6) is -2.17. The van der Waals surface area contributed by atoms with E-state index in [2.05, 4.69) is 0 Å². The van der Waals surface area contributed by atoms with E-state index in [9.17, 15) is 9.59 Å². The van der Waals surface area contributed by atoms with E-state index in [-0.39, 0.29) is 6.42 Å². The van der Waals surface area contributed by atoms with Gasteiger partial charge in [-0.1, -0.05) is 22.6 Å². The van der Waals surface area contributed by atoms with E-state index in [0.29, 0.717) is 0 Å². The van der Waals surface area contributed by atoms with Crippen molar-refractivity contribution in [1.29, 1.82) is 0 Å². The highest BCUT2D eigenvalue weighted by Gasteiger charge is 2.15. The second kappa shape index (κ2) is 3.65. The Kier molecular flexibility index (Phi) is 3.52. The van der Waals surface area contributed by atoms with Crippen LogP contribution in [0.15, 0.2) is 0 Å². The molecule has 0 aromatic heterocycles. The van der Waals surface area contributed by atoms with Gasteiger partial charge in [0.2, 0.25) is 0 Å². The summed E-state index contributed by atoms with van der Waals surface area (Å²) in [5.41, 5.74) is 0. The number of hydrogen-bond donors (Lipinski definition) is 2. The van der Waals surface area contributed by atoms with E-state index >= 15 is 0 Å². The van der Waals surface area contributed by atoms with Crippen molar-refractivity contribution >= 4 is 34.5 Å². The predicted octanol–water partition coefficient (Wildman–Crippen LogP) is 0.349. The van der Waals surface area contributed by atoms with Crippen molar-refractivity contribution in [2.45, 2.75) is 10.3 Å². The Morgan fingerprint density at radius 1 is 1.44 bits per heavy atom. The monoisotopic (exact) mass is 244 g/mol. The van der Waals surface area contributed by atoms with Gasteiger partial charge in [0.1, 0.15) is 3.92 Å². The molecule has 0 saturated heterocycles. The molecular weight excluding hydrogens is 239 g/mol. The van der Waals surface area contributed by atoms with Crippen LogP contribution < -0.4 is 0 Å². The molecule has 0 aromatic rings. The minimum Gasteiger partial charge on any atom is -0.481 e. The zero-order valence-electron chi connectivity index (χ0n) is 4.37. The average molecular weight is 244 g/mol. The van der Waals surface area contributed by atoms with Gasteiger partial charge in [0.25, 0.3) is 0 Å². The van der Waals surface area contributed by atoms with Gasteiger partial charge in [0.15, 0.2) is 0 Å². The van der Waals surface area contributed by atoms with Crippen molar-refractivity contribution in [3.8, 4) is 0 Å². The highest BCUT2D eigenvalue weighted by Crippen LogP contribution is 2.04. The molecule has 1 atom stereocenters. The molecule has 5 heteroatoms. The fourth-order valence-electron chi connectivity index (χ4n) is 0.241. The molecule has 0 heterocycles. The molecule has 0 rings (SSSR count). The summed E-state index contributed by atoms with van der Waals surface area (Å²) in [5, 5.41) is 16.2. The average Bonchev–Trinajstić information content (AvgIpc) is 1.63. The number of carbonyl (C=O) groups is 2. The third-order valence-electron chi connectivity index (χ3n) is 0.622. The Hall–Kier alpha value is -0.330. The smallest absolute Gasteiger partial charge is 0.317 e. The topological polar surface area (TPSA) is 74.6 Å². The molecule has 9 heavy (non-hydrogen) atoms. The number of alkyl halides is 1. The maximum absolute atomic E-state index is 9.96. The molecule has 0 aliphatic rings. The summed E-state index contributed by atoms with van der Waals surface area (Å²) in [4.78, 5) is 19.8. The van der Waals surface area contributed by atoms with Crippen LogP contribution in [0, 0.1) is 0 Å². The fourth-order valence-corrected chi connectivity index (χ4v) is 0.617. The largest absolute Gasteiger partial charge is 0.481 e. The standard InChI is InChI=1S/C4H5IO4/c5-2(4(8)9)1-3(6)7/h2H,1H2,(H,6,7)(H,8,9)/t2-/m0/s1. The van der Waals surface area contributed by atoms with Gasteiger partial charge in [0.05, 0.1) is 6.42 Å². The molecule has 0 saturated carbocycles. The van der Waals surface area contributed by atoms with Gasteiger partial charge < -0.3 is 10.2 Å². The van der Waals surface area contributed by atoms with Crippen LogP contribution in [0.25, 0.3) is 0 Å². The number of halogens is 1. The fraction of sp³-hybridized carbons (Fsp3) is 0.500. The van der Waals surface area contributed by atoms with Gasteiger partial charge in [0, 0.05) is 0 Å². The van der Waals surface area contributed by atoms with E-state index in [1.807, 2.05) is 0 Å². The minimum atomic E-state index is -1.09.